The lowest BCUT2D eigenvalue weighted by molar-refractivity contribution is -0.0884. The van der Waals surface area contributed by atoms with Crippen LogP contribution in [0.2, 0.25) is 0 Å². The molecule has 3 N–H and O–H groups in total. The second kappa shape index (κ2) is 5.94. The first-order chi connectivity index (χ1) is 9.03. The van der Waals surface area contributed by atoms with Crippen LogP contribution in [-0.4, -0.2) is 18.2 Å². The second-order valence-corrected chi connectivity index (χ2v) is 5.32. The van der Waals surface area contributed by atoms with Crippen molar-refractivity contribution in [3.8, 4) is 0 Å². The fourth-order valence-electron chi connectivity index (χ4n) is 2.65. The van der Waals surface area contributed by atoms with Gasteiger partial charge in [-0.1, -0.05) is 0 Å². The number of hydrogen-bond donors (Lipinski definition) is 2. The second-order valence-electron chi connectivity index (χ2n) is 5.32. The monoisotopic (exact) mass is 270 g/mol. The summed E-state index contributed by atoms with van der Waals surface area (Å²) in [7, 11) is 0. The van der Waals surface area contributed by atoms with Gasteiger partial charge in [-0.2, -0.15) is 0 Å². The fraction of sp³-hybridized carbons (Fsp3) is 0.571. The van der Waals surface area contributed by atoms with Crippen LogP contribution in [0.15, 0.2) is 18.2 Å². The molecule has 0 spiro atoms. The van der Waals surface area contributed by atoms with Crippen molar-refractivity contribution in [1.29, 1.82) is 0 Å². The minimum atomic E-state index is -0.569. The van der Waals surface area contributed by atoms with Crippen molar-refractivity contribution in [2.75, 3.05) is 6.61 Å². The smallest absolute Gasteiger partial charge is 0.126 e. The maximum atomic E-state index is 13.2. The third-order valence-electron chi connectivity index (χ3n) is 3.80. The Bertz CT molecular complexity index is 413. The van der Waals surface area contributed by atoms with Crippen LogP contribution in [0.4, 0.5) is 8.78 Å². The first-order valence-corrected chi connectivity index (χ1v) is 6.58. The number of halogens is 2. The molecule has 1 aromatic carbocycles. The van der Waals surface area contributed by atoms with Gasteiger partial charge in [-0.3, -0.25) is 11.3 Å². The van der Waals surface area contributed by atoms with Crippen molar-refractivity contribution < 1.29 is 13.5 Å². The SMILES string of the molecule is CC1(C(Cc2cc(F)cc(F)c2)NN)CCCCO1. The largest absolute Gasteiger partial charge is 0.374 e. The third-order valence-corrected chi connectivity index (χ3v) is 3.80. The molecule has 1 saturated heterocycles. The number of rotatable bonds is 4. The molecule has 1 aliphatic rings. The molecular formula is C14H20F2N2O. The fourth-order valence-corrected chi connectivity index (χ4v) is 2.65. The zero-order valence-corrected chi connectivity index (χ0v) is 11.1. The molecule has 5 heteroatoms. The van der Waals surface area contributed by atoms with Crippen molar-refractivity contribution in [3.05, 3.63) is 35.4 Å². The number of ether oxygens (including phenoxy) is 1. The Hall–Kier alpha value is -1.04. The summed E-state index contributed by atoms with van der Waals surface area (Å²) in [6.45, 7) is 2.69. The van der Waals surface area contributed by atoms with Gasteiger partial charge in [0.25, 0.3) is 0 Å². The van der Waals surface area contributed by atoms with Gasteiger partial charge in [0.2, 0.25) is 0 Å². The molecule has 0 aromatic heterocycles. The maximum absolute atomic E-state index is 13.2. The van der Waals surface area contributed by atoms with Crippen molar-refractivity contribution in [2.24, 2.45) is 5.84 Å². The normalized spacial score (nSPS) is 25.3. The van der Waals surface area contributed by atoms with E-state index in [-0.39, 0.29) is 6.04 Å². The predicted molar refractivity (Wildman–Crippen MR) is 69.4 cm³/mol. The highest BCUT2D eigenvalue weighted by Gasteiger charge is 2.36. The lowest BCUT2D eigenvalue weighted by Crippen LogP contribution is -2.55. The average Bonchev–Trinajstić information content (AvgIpc) is 2.35. The topological polar surface area (TPSA) is 47.3 Å². The highest BCUT2D eigenvalue weighted by molar-refractivity contribution is 5.20. The summed E-state index contributed by atoms with van der Waals surface area (Å²) >= 11 is 0. The molecule has 2 rings (SSSR count). The Balaban J connectivity index is 2.13. The molecule has 1 heterocycles. The predicted octanol–water partition coefficient (Wildman–Crippen LogP) is 2.30. The van der Waals surface area contributed by atoms with E-state index in [9.17, 15) is 8.78 Å². The van der Waals surface area contributed by atoms with Gasteiger partial charge in [-0.25, -0.2) is 8.78 Å². The van der Waals surface area contributed by atoms with Gasteiger partial charge in [-0.15, -0.1) is 0 Å². The molecule has 2 unspecified atom stereocenters. The van der Waals surface area contributed by atoms with Crippen LogP contribution >= 0.6 is 0 Å². The molecule has 1 aliphatic heterocycles. The number of nitrogens with two attached hydrogens (primary N) is 1. The van der Waals surface area contributed by atoms with E-state index in [0.717, 1.165) is 25.3 Å². The molecular weight excluding hydrogens is 250 g/mol. The zero-order chi connectivity index (χ0) is 13.9. The van der Waals surface area contributed by atoms with Crippen molar-refractivity contribution in [2.45, 2.75) is 44.2 Å². The molecule has 0 bridgehead atoms. The lowest BCUT2D eigenvalue weighted by Gasteiger charge is -2.40. The first-order valence-electron chi connectivity index (χ1n) is 6.58. The van der Waals surface area contributed by atoms with Gasteiger partial charge in [0.05, 0.1) is 11.6 Å². The van der Waals surface area contributed by atoms with E-state index >= 15 is 0 Å². The van der Waals surface area contributed by atoms with Crippen LogP contribution < -0.4 is 11.3 Å². The van der Waals surface area contributed by atoms with E-state index in [1.54, 1.807) is 0 Å². The molecule has 0 saturated carbocycles. The summed E-state index contributed by atoms with van der Waals surface area (Å²) in [6, 6.07) is 3.36. The summed E-state index contributed by atoms with van der Waals surface area (Å²) in [6.07, 6.45) is 3.44. The third kappa shape index (κ3) is 3.49. The van der Waals surface area contributed by atoms with Gasteiger partial charge in [0, 0.05) is 12.7 Å². The van der Waals surface area contributed by atoms with E-state index in [4.69, 9.17) is 10.6 Å². The Morgan fingerprint density at radius 1 is 1.32 bits per heavy atom. The maximum Gasteiger partial charge on any atom is 0.126 e. The van der Waals surface area contributed by atoms with Crippen LogP contribution in [0, 0.1) is 11.6 Å². The van der Waals surface area contributed by atoms with Gasteiger partial charge in [0.15, 0.2) is 0 Å². The van der Waals surface area contributed by atoms with Gasteiger partial charge < -0.3 is 4.74 Å². The standard InChI is InChI=1S/C14H20F2N2O/c1-14(4-2-3-5-19-14)13(18-17)8-10-6-11(15)9-12(16)7-10/h6-7,9,13,18H,2-5,8,17H2,1H3. The summed E-state index contributed by atoms with van der Waals surface area (Å²) in [5, 5.41) is 0. The minimum Gasteiger partial charge on any atom is -0.374 e. The first kappa shape index (κ1) is 14.4. The summed E-state index contributed by atoms with van der Waals surface area (Å²) < 4.78 is 32.2. The van der Waals surface area contributed by atoms with E-state index in [1.807, 2.05) is 6.92 Å². The highest BCUT2D eigenvalue weighted by Crippen LogP contribution is 2.29. The molecule has 0 radical (unpaired) electrons. The quantitative estimate of drug-likeness (QED) is 0.652. The summed E-state index contributed by atoms with van der Waals surface area (Å²) in [4.78, 5) is 0. The Kier molecular flexibility index (Phi) is 4.50. The van der Waals surface area contributed by atoms with Crippen LogP contribution in [0.25, 0.3) is 0 Å². The van der Waals surface area contributed by atoms with E-state index in [0.29, 0.717) is 18.6 Å². The van der Waals surface area contributed by atoms with E-state index in [2.05, 4.69) is 5.43 Å². The summed E-state index contributed by atoms with van der Waals surface area (Å²) in [5.41, 5.74) is 2.92. The Labute approximate surface area is 112 Å². The van der Waals surface area contributed by atoms with Gasteiger partial charge >= 0.3 is 0 Å². The van der Waals surface area contributed by atoms with Crippen LogP contribution in [0.5, 0.6) is 0 Å². The van der Waals surface area contributed by atoms with E-state index in [1.165, 1.54) is 12.1 Å². The Morgan fingerprint density at radius 3 is 2.53 bits per heavy atom. The lowest BCUT2D eigenvalue weighted by atomic mass is 9.85. The molecule has 106 valence electrons. The molecule has 19 heavy (non-hydrogen) atoms. The van der Waals surface area contributed by atoms with Gasteiger partial charge in [0.1, 0.15) is 11.6 Å². The summed E-state index contributed by atoms with van der Waals surface area (Å²) in [5.74, 6) is 4.46. The molecule has 1 fully saturated rings. The molecule has 3 nitrogen and oxygen atoms in total. The van der Waals surface area contributed by atoms with Crippen molar-refractivity contribution in [3.63, 3.8) is 0 Å². The molecule has 2 atom stereocenters. The van der Waals surface area contributed by atoms with Crippen LogP contribution in [-0.2, 0) is 11.2 Å². The van der Waals surface area contributed by atoms with E-state index < -0.39 is 17.2 Å². The Morgan fingerprint density at radius 2 is 2.00 bits per heavy atom. The molecule has 1 aromatic rings. The molecule has 0 aliphatic carbocycles. The number of benzene rings is 1. The van der Waals surface area contributed by atoms with Crippen molar-refractivity contribution >= 4 is 0 Å². The van der Waals surface area contributed by atoms with Crippen molar-refractivity contribution in [1.82, 2.24) is 5.43 Å². The number of nitrogens with one attached hydrogen (secondary N) is 1. The average molecular weight is 270 g/mol. The number of hydrazine groups is 1. The zero-order valence-electron chi connectivity index (χ0n) is 11.1. The van der Waals surface area contributed by atoms with Gasteiger partial charge in [-0.05, 0) is 50.3 Å². The molecule has 0 amide bonds. The minimum absolute atomic E-state index is 0.172. The highest BCUT2D eigenvalue weighted by atomic mass is 19.1. The van der Waals surface area contributed by atoms with Crippen LogP contribution in [0.1, 0.15) is 31.7 Å². The number of hydrogen-bond acceptors (Lipinski definition) is 3. The van der Waals surface area contributed by atoms with Crippen LogP contribution in [0.3, 0.4) is 0 Å².